The standard InChI is InChI=1S/C11H15N3O4/c1-8-4-5-9(7-10(8)14(16)17)18-6-2-3-11(15)13-12/h4-5,7H,2-3,6,12H2,1H3,(H,13,15). The smallest absolute Gasteiger partial charge is 0.275 e. The van der Waals surface area contributed by atoms with Gasteiger partial charge in [0.2, 0.25) is 5.91 Å². The largest absolute Gasteiger partial charge is 0.493 e. The molecule has 0 aliphatic carbocycles. The quantitative estimate of drug-likeness (QED) is 0.259. The summed E-state index contributed by atoms with van der Waals surface area (Å²) in [6, 6.07) is 4.66. The summed E-state index contributed by atoms with van der Waals surface area (Å²) in [4.78, 5) is 21.1. The minimum absolute atomic E-state index is 0.0206. The maximum atomic E-state index is 10.8. The third kappa shape index (κ3) is 4.02. The summed E-state index contributed by atoms with van der Waals surface area (Å²) >= 11 is 0. The molecule has 98 valence electrons. The summed E-state index contributed by atoms with van der Waals surface area (Å²) in [5.74, 6) is 5.07. The van der Waals surface area contributed by atoms with Gasteiger partial charge in [0.05, 0.1) is 17.6 Å². The Morgan fingerprint density at radius 3 is 2.89 bits per heavy atom. The molecule has 1 rings (SSSR count). The molecule has 1 aromatic rings. The number of carbonyl (C=O) groups excluding carboxylic acids is 1. The number of amides is 1. The Labute approximate surface area is 104 Å². The van der Waals surface area contributed by atoms with Crippen LogP contribution >= 0.6 is 0 Å². The number of aryl methyl sites for hydroxylation is 1. The van der Waals surface area contributed by atoms with Gasteiger partial charge in [-0.1, -0.05) is 0 Å². The van der Waals surface area contributed by atoms with Crippen LogP contribution in [0.4, 0.5) is 5.69 Å². The van der Waals surface area contributed by atoms with Crippen LogP contribution in [-0.4, -0.2) is 17.4 Å². The molecule has 7 heteroatoms. The van der Waals surface area contributed by atoms with Gasteiger partial charge in [0.1, 0.15) is 5.75 Å². The number of nitrogens with two attached hydrogens (primary N) is 1. The average Bonchev–Trinajstić information content (AvgIpc) is 2.35. The highest BCUT2D eigenvalue weighted by atomic mass is 16.6. The van der Waals surface area contributed by atoms with Crippen molar-refractivity contribution in [3.63, 3.8) is 0 Å². The molecule has 0 saturated heterocycles. The zero-order valence-electron chi connectivity index (χ0n) is 10.0. The lowest BCUT2D eigenvalue weighted by Gasteiger charge is -2.06. The number of nitrogens with one attached hydrogen (secondary N) is 1. The number of hydrazine groups is 1. The minimum atomic E-state index is -0.454. The Kier molecular flexibility index (Phi) is 5.06. The van der Waals surface area contributed by atoms with Crippen molar-refractivity contribution >= 4 is 11.6 Å². The first kappa shape index (κ1) is 13.9. The SMILES string of the molecule is Cc1ccc(OCCCC(=O)NN)cc1[N+](=O)[O-]. The third-order valence-corrected chi connectivity index (χ3v) is 2.36. The Bertz CT molecular complexity index is 448. The molecule has 0 aliphatic heterocycles. The lowest BCUT2D eigenvalue weighted by Crippen LogP contribution is -2.29. The lowest BCUT2D eigenvalue weighted by atomic mass is 10.2. The molecule has 0 fully saturated rings. The van der Waals surface area contributed by atoms with E-state index in [1.54, 1.807) is 19.1 Å². The van der Waals surface area contributed by atoms with Gasteiger partial charge in [-0.3, -0.25) is 20.3 Å². The van der Waals surface area contributed by atoms with E-state index in [1.807, 2.05) is 5.43 Å². The number of benzene rings is 1. The second-order valence-corrected chi connectivity index (χ2v) is 3.72. The molecule has 0 bridgehead atoms. The van der Waals surface area contributed by atoms with Crippen molar-refractivity contribution < 1.29 is 14.5 Å². The summed E-state index contributed by atoms with van der Waals surface area (Å²) in [5, 5.41) is 10.7. The predicted molar refractivity (Wildman–Crippen MR) is 64.9 cm³/mol. The summed E-state index contributed by atoms with van der Waals surface area (Å²) in [6.45, 7) is 1.96. The monoisotopic (exact) mass is 253 g/mol. The number of nitro benzene ring substituents is 1. The molecule has 0 heterocycles. The Balaban J connectivity index is 2.50. The van der Waals surface area contributed by atoms with E-state index in [0.717, 1.165) is 0 Å². The zero-order valence-corrected chi connectivity index (χ0v) is 10.0. The average molecular weight is 253 g/mol. The number of hydrogen-bond acceptors (Lipinski definition) is 5. The van der Waals surface area contributed by atoms with Crippen LogP contribution in [0.2, 0.25) is 0 Å². The van der Waals surface area contributed by atoms with E-state index in [1.165, 1.54) is 6.07 Å². The van der Waals surface area contributed by atoms with Gasteiger partial charge >= 0.3 is 0 Å². The van der Waals surface area contributed by atoms with Crippen LogP contribution in [0.3, 0.4) is 0 Å². The molecule has 0 saturated carbocycles. The highest BCUT2D eigenvalue weighted by Gasteiger charge is 2.11. The Morgan fingerprint density at radius 1 is 1.56 bits per heavy atom. The molecule has 3 N–H and O–H groups in total. The van der Waals surface area contributed by atoms with Crippen LogP contribution in [0.1, 0.15) is 18.4 Å². The van der Waals surface area contributed by atoms with E-state index in [0.29, 0.717) is 24.3 Å². The van der Waals surface area contributed by atoms with E-state index in [-0.39, 0.29) is 18.0 Å². The van der Waals surface area contributed by atoms with Gasteiger partial charge in [-0.25, -0.2) is 5.84 Å². The van der Waals surface area contributed by atoms with Gasteiger partial charge < -0.3 is 4.74 Å². The van der Waals surface area contributed by atoms with Crippen molar-refractivity contribution in [2.45, 2.75) is 19.8 Å². The fourth-order valence-corrected chi connectivity index (χ4v) is 1.37. The van der Waals surface area contributed by atoms with Crippen LogP contribution in [-0.2, 0) is 4.79 Å². The van der Waals surface area contributed by atoms with E-state index in [2.05, 4.69) is 0 Å². The summed E-state index contributed by atoms with van der Waals surface area (Å²) in [5.41, 5.74) is 2.61. The lowest BCUT2D eigenvalue weighted by molar-refractivity contribution is -0.385. The molecular formula is C11H15N3O4. The first-order valence-corrected chi connectivity index (χ1v) is 5.42. The van der Waals surface area contributed by atoms with Gasteiger partial charge in [0.15, 0.2) is 0 Å². The van der Waals surface area contributed by atoms with Gasteiger partial charge in [-0.15, -0.1) is 0 Å². The second kappa shape index (κ2) is 6.55. The topological polar surface area (TPSA) is 107 Å². The van der Waals surface area contributed by atoms with E-state index >= 15 is 0 Å². The van der Waals surface area contributed by atoms with Crippen LogP contribution in [0.25, 0.3) is 0 Å². The summed E-state index contributed by atoms with van der Waals surface area (Å²) in [7, 11) is 0. The molecule has 0 aliphatic rings. The second-order valence-electron chi connectivity index (χ2n) is 3.72. The van der Waals surface area contributed by atoms with Crippen molar-refractivity contribution in [3.05, 3.63) is 33.9 Å². The number of ether oxygens (including phenoxy) is 1. The highest BCUT2D eigenvalue weighted by molar-refractivity contribution is 5.75. The first-order valence-electron chi connectivity index (χ1n) is 5.42. The number of hydrogen-bond donors (Lipinski definition) is 2. The van der Waals surface area contributed by atoms with Gasteiger partial charge in [0, 0.05) is 12.0 Å². The van der Waals surface area contributed by atoms with Crippen LogP contribution in [0, 0.1) is 17.0 Å². The third-order valence-electron chi connectivity index (χ3n) is 2.36. The number of rotatable bonds is 6. The van der Waals surface area contributed by atoms with Gasteiger partial charge in [-0.2, -0.15) is 0 Å². The van der Waals surface area contributed by atoms with Crippen molar-refractivity contribution in [1.82, 2.24) is 5.43 Å². The zero-order chi connectivity index (χ0) is 13.5. The van der Waals surface area contributed by atoms with Crippen molar-refractivity contribution in [1.29, 1.82) is 0 Å². The normalized spacial score (nSPS) is 9.89. The van der Waals surface area contributed by atoms with Crippen LogP contribution in [0.5, 0.6) is 5.75 Å². The van der Waals surface area contributed by atoms with Crippen LogP contribution in [0.15, 0.2) is 18.2 Å². The maximum Gasteiger partial charge on any atom is 0.275 e. The molecule has 1 amide bonds. The molecule has 0 unspecified atom stereocenters. The van der Waals surface area contributed by atoms with E-state index in [4.69, 9.17) is 10.6 Å². The summed E-state index contributed by atoms with van der Waals surface area (Å²) < 4.78 is 5.32. The minimum Gasteiger partial charge on any atom is -0.493 e. The van der Waals surface area contributed by atoms with Crippen molar-refractivity contribution in [3.8, 4) is 5.75 Å². The molecule has 1 aromatic carbocycles. The number of carbonyl (C=O) groups is 1. The molecule has 0 aromatic heterocycles. The molecule has 0 spiro atoms. The van der Waals surface area contributed by atoms with E-state index < -0.39 is 4.92 Å². The molecular weight excluding hydrogens is 238 g/mol. The van der Waals surface area contributed by atoms with Gasteiger partial charge in [-0.05, 0) is 25.5 Å². The number of nitrogens with zero attached hydrogens (tertiary/aromatic N) is 1. The maximum absolute atomic E-state index is 10.8. The molecule has 7 nitrogen and oxygen atoms in total. The first-order chi connectivity index (χ1) is 8.54. The predicted octanol–water partition coefficient (Wildman–Crippen LogP) is 1.05. The molecule has 0 atom stereocenters. The van der Waals surface area contributed by atoms with Crippen molar-refractivity contribution in [2.75, 3.05) is 6.61 Å². The fraction of sp³-hybridized carbons (Fsp3) is 0.364. The summed E-state index contributed by atoms with van der Waals surface area (Å²) in [6.07, 6.45) is 0.745. The highest BCUT2D eigenvalue weighted by Crippen LogP contribution is 2.23. The van der Waals surface area contributed by atoms with E-state index in [9.17, 15) is 14.9 Å². The van der Waals surface area contributed by atoms with Crippen molar-refractivity contribution in [2.24, 2.45) is 5.84 Å². The Morgan fingerprint density at radius 2 is 2.28 bits per heavy atom. The fourth-order valence-electron chi connectivity index (χ4n) is 1.37. The van der Waals surface area contributed by atoms with Gasteiger partial charge in [0.25, 0.3) is 5.69 Å². The number of nitro groups is 1. The molecule has 0 radical (unpaired) electrons. The Hall–Kier alpha value is -2.15. The van der Waals surface area contributed by atoms with Crippen LogP contribution < -0.4 is 16.0 Å². The molecule has 18 heavy (non-hydrogen) atoms.